The van der Waals surface area contributed by atoms with Gasteiger partial charge in [0.1, 0.15) is 23.0 Å². The number of unbranched alkanes of at least 4 members (excludes halogenated alkanes) is 7. The van der Waals surface area contributed by atoms with Gasteiger partial charge in [0.2, 0.25) is 11.7 Å². The van der Waals surface area contributed by atoms with Gasteiger partial charge < -0.3 is 47.4 Å². The van der Waals surface area contributed by atoms with Crippen LogP contribution < -0.4 is 38.1 Å². The Labute approximate surface area is 502 Å². The van der Waals surface area contributed by atoms with Crippen LogP contribution in [-0.4, -0.2) is 98.6 Å². The minimum absolute atomic E-state index is 0.0791. The molecule has 0 N–H and O–H groups in total. The largest absolute Gasteiger partial charge is 0.494 e. The number of hydrogen-bond acceptors (Lipinski definition) is 19. The molecule has 0 spiro atoms. The van der Waals surface area contributed by atoms with Crippen molar-refractivity contribution in [3.05, 3.63) is 120 Å². The molecule has 2 unspecified atom stereocenters. The van der Waals surface area contributed by atoms with Crippen molar-refractivity contribution in [3.63, 3.8) is 0 Å². The standard InChI is InChI=1S/C64H68N2O15S3/c1-5-7-8-9-11-20-57(67)66(63-65-51-18-12-13-19-55(51)83-63)64(82)84-56-40-48(29-30-52(56)81-61(70)44-21-25-46(26-22-44)75-32-15-10-14-31-74-41-42-35-49-39-50(36-42)78-49)80-60(69)43-23-27-47(28-24-43)79-62(71)45-37-53(72-3)59(54(38-45)73-4)77-34-17-16-33-76-58(68)6-2/h2,12-13,18-19,21-30,37-38,40,42,49-50H,5,7-11,14-17,20,31-36,39,41H2,1,3-4H3. The zero-order chi connectivity index (χ0) is 59.2. The van der Waals surface area contributed by atoms with Gasteiger partial charge in [-0.25, -0.2) is 29.1 Å². The second-order valence-electron chi connectivity index (χ2n) is 20.0. The average Bonchev–Trinajstić information content (AvgIpc) is 3.92. The quantitative estimate of drug-likeness (QED) is 0.00758. The number of hydrogen-bond donors (Lipinski definition) is 0. The van der Waals surface area contributed by atoms with E-state index < -0.39 is 23.9 Å². The van der Waals surface area contributed by atoms with Crippen molar-refractivity contribution >= 4 is 84.8 Å². The van der Waals surface area contributed by atoms with Crippen LogP contribution in [0.15, 0.2) is 108 Å². The number of thiocarbonyl (C=S) groups is 1. The highest BCUT2D eigenvalue weighted by atomic mass is 32.2. The molecule has 3 fully saturated rings. The fourth-order valence-electron chi connectivity index (χ4n) is 9.41. The molecule has 20 heteroatoms. The SMILES string of the molecule is C#CC(=O)OCCCCOc1c(OC)cc(C(=O)Oc2ccc(C(=O)Oc3ccc(OC(=O)c4ccc(OCCCCCOCC5CC6CC(C5)O6)cc4)c(SC(=S)N(C(=O)CCCCCCC)c4nc5ccccc5s4)c3)cc2)cc1OC. The van der Waals surface area contributed by atoms with Crippen molar-refractivity contribution in [1.29, 1.82) is 0 Å². The van der Waals surface area contributed by atoms with Crippen LogP contribution in [0.4, 0.5) is 5.13 Å². The molecule has 2 saturated heterocycles. The Bertz CT molecular complexity index is 3200. The normalized spacial score (nSPS) is 15.0. The van der Waals surface area contributed by atoms with Gasteiger partial charge in [-0.15, -0.1) is 6.42 Å². The van der Waals surface area contributed by atoms with Gasteiger partial charge in [-0.3, -0.25) is 4.79 Å². The van der Waals surface area contributed by atoms with Crippen LogP contribution in [0.2, 0.25) is 0 Å². The van der Waals surface area contributed by atoms with Crippen LogP contribution in [0.5, 0.6) is 40.2 Å². The van der Waals surface area contributed by atoms with E-state index in [4.69, 9.17) is 71.0 Å². The summed E-state index contributed by atoms with van der Waals surface area (Å²) in [6, 6.07) is 27.4. The number of benzene rings is 5. The van der Waals surface area contributed by atoms with Gasteiger partial charge in [0.25, 0.3) is 0 Å². The summed E-state index contributed by atoms with van der Waals surface area (Å²) in [4.78, 5) is 72.9. The fourth-order valence-corrected chi connectivity index (χ4v) is 11.8. The topological polar surface area (TPSA) is 194 Å². The second kappa shape index (κ2) is 31.9. The summed E-state index contributed by atoms with van der Waals surface area (Å²) in [5, 5.41) is 0.395. The summed E-state index contributed by atoms with van der Waals surface area (Å²) in [5.74, 6) is 0.957. The van der Waals surface area contributed by atoms with Gasteiger partial charge in [0, 0.05) is 25.6 Å². The van der Waals surface area contributed by atoms with Crippen LogP contribution in [0, 0.1) is 18.3 Å². The number of terminal acetylenes is 1. The summed E-state index contributed by atoms with van der Waals surface area (Å²) in [5.41, 5.74) is 1.18. The molecule has 2 aliphatic heterocycles. The molecular weight excluding hydrogens is 1130 g/mol. The van der Waals surface area contributed by atoms with E-state index in [1.54, 1.807) is 24.3 Å². The molecule has 442 valence electrons. The minimum Gasteiger partial charge on any atom is -0.494 e. The molecule has 84 heavy (non-hydrogen) atoms. The number of esters is 4. The van der Waals surface area contributed by atoms with Crippen LogP contribution in [0.25, 0.3) is 10.2 Å². The Morgan fingerprint density at radius 1 is 0.667 bits per heavy atom. The van der Waals surface area contributed by atoms with Crippen LogP contribution in [0.3, 0.4) is 0 Å². The number of para-hydroxylation sites is 1. The number of anilines is 1. The van der Waals surface area contributed by atoms with E-state index in [1.165, 1.54) is 91.5 Å². The number of aromatic nitrogens is 1. The third-order valence-electron chi connectivity index (χ3n) is 13.8. The van der Waals surface area contributed by atoms with Gasteiger partial charge in [0.05, 0.1) is 78.1 Å². The molecule has 2 atom stereocenters. The molecule has 6 aromatic rings. The fraction of sp³-hybridized carbons (Fsp3) is 0.391. The molecule has 0 radical (unpaired) electrons. The van der Waals surface area contributed by atoms with Gasteiger partial charge in [-0.2, -0.15) is 0 Å². The smallest absolute Gasteiger partial charge is 0.384 e. The van der Waals surface area contributed by atoms with E-state index in [0.717, 1.165) is 87.5 Å². The van der Waals surface area contributed by atoms with E-state index in [-0.39, 0.29) is 85.9 Å². The van der Waals surface area contributed by atoms with Gasteiger partial charge in [-0.1, -0.05) is 80.1 Å². The highest BCUT2D eigenvalue weighted by Gasteiger charge is 2.39. The van der Waals surface area contributed by atoms with Crippen molar-refractivity contribution in [2.24, 2.45) is 5.92 Å². The van der Waals surface area contributed by atoms with Crippen LogP contribution in [-0.2, 0) is 23.8 Å². The predicted molar refractivity (Wildman–Crippen MR) is 323 cm³/mol. The average molecular weight is 1200 g/mol. The summed E-state index contributed by atoms with van der Waals surface area (Å²) < 4.78 is 58.1. The molecule has 3 aliphatic rings. The van der Waals surface area contributed by atoms with Crippen molar-refractivity contribution in [2.75, 3.05) is 52.2 Å². The van der Waals surface area contributed by atoms with E-state index in [0.29, 0.717) is 60.4 Å². The van der Waals surface area contributed by atoms with Crippen molar-refractivity contribution in [3.8, 4) is 52.6 Å². The third kappa shape index (κ3) is 18.0. The number of thioether (sulfide) groups is 1. The number of ether oxygens (including phenoxy) is 10. The molecule has 2 bridgehead atoms. The van der Waals surface area contributed by atoms with Gasteiger partial charge in [-0.05, 0) is 155 Å². The molecule has 1 aliphatic carbocycles. The number of fused-ring (bicyclic) bond motifs is 3. The summed E-state index contributed by atoms with van der Waals surface area (Å²) in [6.07, 6.45) is 18.0. The first-order valence-corrected chi connectivity index (χ1v) is 30.2. The number of amides is 1. The molecular formula is C64H68N2O15S3. The zero-order valence-corrected chi connectivity index (χ0v) is 49.8. The highest BCUT2D eigenvalue weighted by molar-refractivity contribution is 8.23. The lowest BCUT2D eigenvalue weighted by Crippen LogP contribution is -2.46. The summed E-state index contributed by atoms with van der Waals surface area (Å²) >= 11 is 8.39. The molecule has 3 heterocycles. The maximum Gasteiger partial charge on any atom is 0.384 e. The Morgan fingerprint density at radius 2 is 1.26 bits per heavy atom. The highest BCUT2D eigenvalue weighted by Crippen LogP contribution is 2.41. The maximum absolute atomic E-state index is 14.2. The van der Waals surface area contributed by atoms with Crippen molar-refractivity contribution < 1.29 is 71.3 Å². The molecule has 1 aromatic heterocycles. The Balaban J connectivity index is 0.921. The number of carbonyl (C=O) groups excluding carboxylic acids is 5. The monoisotopic (exact) mass is 1200 g/mol. The lowest BCUT2D eigenvalue weighted by molar-refractivity contribution is -0.179. The number of rotatable bonds is 31. The van der Waals surface area contributed by atoms with E-state index >= 15 is 0 Å². The molecule has 5 aromatic carbocycles. The summed E-state index contributed by atoms with van der Waals surface area (Å²) in [6.45, 7) is 4.54. The first kappa shape index (κ1) is 62.5. The lowest BCUT2D eigenvalue weighted by atomic mass is 9.81. The van der Waals surface area contributed by atoms with E-state index in [2.05, 4.69) is 6.92 Å². The Kier molecular flexibility index (Phi) is 23.8. The van der Waals surface area contributed by atoms with Gasteiger partial charge >= 0.3 is 23.9 Å². The Hall–Kier alpha value is -7.54. The molecule has 9 rings (SSSR count). The molecule has 17 nitrogen and oxygen atoms in total. The van der Waals surface area contributed by atoms with Gasteiger partial charge in [0.15, 0.2) is 21.0 Å². The number of methoxy groups -OCH3 is 2. The van der Waals surface area contributed by atoms with Crippen molar-refractivity contribution in [1.82, 2.24) is 4.98 Å². The van der Waals surface area contributed by atoms with Crippen molar-refractivity contribution in [2.45, 2.75) is 114 Å². The first-order chi connectivity index (χ1) is 40.9. The first-order valence-electron chi connectivity index (χ1n) is 28.2. The summed E-state index contributed by atoms with van der Waals surface area (Å²) in [7, 11) is 2.83. The van der Waals surface area contributed by atoms with Crippen LogP contribution >= 0.6 is 35.3 Å². The number of carbonyl (C=O) groups is 5. The Morgan fingerprint density at radius 3 is 1.95 bits per heavy atom. The maximum atomic E-state index is 14.2. The number of nitrogens with zero attached hydrogens (tertiary/aromatic N) is 2. The second-order valence-corrected chi connectivity index (χ2v) is 22.7. The van der Waals surface area contributed by atoms with E-state index in [1.807, 2.05) is 30.2 Å². The predicted octanol–water partition coefficient (Wildman–Crippen LogP) is 13.2. The molecule has 1 saturated carbocycles. The van der Waals surface area contributed by atoms with Crippen LogP contribution in [0.1, 0.15) is 128 Å². The lowest BCUT2D eigenvalue weighted by Gasteiger charge is -2.45. The number of thiazole rings is 1. The third-order valence-corrected chi connectivity index (χ3v) is 16.2. The zero-order valence-electron chi connectivity index (χ0n) is 47.3. The van der Waals surface area contributed by atoms with E-state index in [9.17, 15) is 24.0 Å². The molecule has 1 amide bonds. The minimum atomic E-state index is -0.752.